The zero-order chi connectivity index (χ0) is 17.0. The third-order valence-corrected chi connectivity index (χ3v) is 4.19. The van der Waals surface area contributed by atoms with Crippen LogP contribution in [-0.2, 0) is 16.1 Å². The van der Waals surface area contributed by atoms with E-state index in [9.17, 15) is 27.9 Å². The quantitative estimate of drug-likeness (QED) is 0.568. The summed E-state index contributed by atoms with van der Waals surface area (Å²) in [6.07, 6.45) is -0.840. The summed E-state index contributed by atoms with van der Waals surface area (Å²) >= 11 is -0.264. The van der Waals surface area contributed by atoms with Crippen molar-refractivity contribution >= 4 is 23.6 Å². The second-order valence-electron chi connectivity index (χ2n) is 5.00. The number of carbonyl (C=O) groups excluding carboxylic acids is 2. The van der Waals surface area contributed by atoms with Gasteiger partial charge in [-0.3, -0.25) is 9.59 Å². The first kappa shape index (κ1) is 17.6. The molecular weight excluding hydrogens is 333 g/mol. The fraction of sp³-hybridized carbons (Fsp3) is 0.429. The molecule has 2 amide bonds. The van der Waals surface area contributed by atoms with E-state index in [1.165, 1.54) is 18.2 Å². The van der Waals surface area contributed by atoms with Crippen LogP contribution in [0.3, 0.4) is 0 Å². The first-order chi connectivity index (χ1) is 10.8. The Morgan fingerprint density at radius 3 is 2.74 bits per heavy atom. The normalized spacial score (nSPS) is 21.7. The van der Waals surface area contributed by atoms with Crippen LogP contribution in [0, 0.1) is 5.92 Å². The number of aliphatic hydroxyl groups excluding tert-OH is 1. The minimum Gasteiger partial charge on any atom is -0.392 e. The average molecular weight is 348 g/mol. The molecule has 0 spiro atoms. The lowest BCUT2D eigenvalue weighted by atomic mass is 9.94. The van der Waals surface area contributed by atoms with Gasteiger partial charge in [0.15, 0.2) is 0 Å². The van der Waals surface area contributed by atoms with Gasteiger partial charge in [-0.2, -0.15) is 13.2 Å². The Morgan fingerprint density at radius 2 is 2.09 bits per heavy atom. The minimum atomic E-state index is -4.43. The van der Waals surface area contributed by atoms with Gasteiger partial charge in [-0.05, 0) is 29.8 Å². The minimum absolute atomic E-state index is 0.0195. The van der Waals surface area contributed by atoms with Gasteiger partial charge in [-0.15, -0.1) is 0 Å². The van der Waals surface area contributed by atoms with Gasteiger partial charge in [0.25, 0.3) is 0 Å². The van der Waals surface area contributed by atoms with Crippen molar-refractivity contribution in [2.45, 2.75) is 29.5 Å². The number of rotatable bonds is 4. The van der Waals surface area contributed by atoms with Crippen LogP contribution in [0.15, 0.2) is 29.2 Å². The average Bonchev–Trinajstić information content (AvgIpc) is 2.44. The van der Waals surface area contributed by atoms with Gasteiger partial charge in [0.2, 0.25) is 11.8 Å². The van der Waals surface area contributed by atoms with Crippen LogP contribution in [0.5, 0.6) is 0 Å². The number of nitrogens with one attached hydrogen (secondary N) is 2. The summed E-state index contributed by atoms with van der Waals surface area (Å²) in [4.78, 5) is 23.6. The molecule has 2 unspecified atom stereocenters. The van der Waals surface area contributed by atoms with E-state index in [2.05, 4.69) is 10.6 Å². The third kappa shape index (κ3) is 4.87. The molecule has 5 nitrogen and oxygen atoms in total. The molecule has 1 fully saturated rings. The number of piperidine rings is 1. The Balaban J connectivity index is 2.03. The molecule has 9 heteroatoms. The predicted octanol–water partition coefficient (Wildman–Crippen LogP) is 1.41. The second-order valence-corrected chi connectivity index (χ2v) is 6.10. The first-order valence-corrected chi connectivity index (χ1v) is 7.67. The molecule has 1 aliphatic heterocycles. The summed E-state index contributed by atoms with van der Waals surface area (Å²) in [5, 5.41) is 14.6. The summed E-state index contributed by atoms with van der Waals surface area (Å²) in [7, 11) is 0. The van der Waals surface area contributed by atoms with Gasteiger partial charge < -0.3 is 15.7 Å². The van der Waals surface area contributed by atoms with Crippen LogP contribution >= 0.6 is 11.8 Å². The molecule has 1 heterocycles. The molecule has 0 aliphatic carbocycles. The fourth-order valence-electron chi connectivity index (χ4n) is 2.25. The van der Waals surface area contributed by atoms with E-state index in [4.69, 9.17) is 0 Å². The van der Waals surface area contributed by atoms with Crippen molar-refractivity contribution in [1.29, 1.82) is 0 Å². The number of alkyl halides is 3. The largest absolute Gasteiger partial charge is 0.446 e. The zero-order valence-electron chi connectivity index (χ0n) is 11.9. The maximum Gasteiger partial charge on any atom is 0.446 e. The van der Waals surface area contributed by atoms with Crippen molar-refractivity contribution < 1.29 is 27.9 Å². The van der Waals surface area contributed by atoms with E-state index < -0.39 is 29.3 Å². The lowest BCUT2D eigenvalue weighted by molar-refractivity contribution is -0.142. The highest BCUT2D eigenvalue weighted by atomic mass is 32.2. The molecule has 0 saturated carbocycles. The van der Waals surface area contributed by atoms with Crippen molar-refractivity contribution in [3.8, 4) is 0 Å². The van der Waals surface area contributed by atoms with Crippen LogP contribution in [0.4, 0.5) is 13.2 Å². The van der Waals surface area contributed by atoms with Crippen molar-refractivity contribution in [1.82, 2.24) is 10.6 Å². The molecule has 126 valence electrons. The Kier molecular flexibility index (Phi) is 5.53. The monoisotopic (exact) mass is 348 g/mol. The van der Waals surface area contributed by atoms with Crippen LogP contribution in [0.25, 0.3) is 0 Å². The Labute approximate surface area is 134 Å². The fourth-order valence-corrected chi connectivity index (χ4v) is 2.92. The maximum atomic E-state index is 12.5. The lowest BCUT2D eigenvalue weighted by Crippen LogP contribution is -2.51. The molecule has 2 rings (SSSR count). The molecule has 23 heavy (non-hydrogen) atoms. The summed E-state index contributed by atoms with van der Waals surface area (Å²) in [6, 6.07) is 5.80. The number of benzene rings is 1. The number of thioether (sulfide) groups is 1. The van der Waals surface area contributed by atoms with Crippen LogP contribution in [0.2, 0.25) is 0 Å². The summed E-state index contributed by atoms with van der Waals surface area (Å²) in [5.74, 6) is -2.54. The van der Waals surface area contributed by atoms with Gasteiger partial charge in [-0.1, -0.05) is 18.2 Å². The third-order valence-electron chi connectivity index (χ3n) is 3.34. The van der Waals surface area contributed by atoms with Gasteiger partial charge in [0.1, 0.15) is 5.92 Å². The molecule has 3 N–H and O–H groups in total. The van der Waals surface area contributed by atoms with E-state index in [-0.39, 0.29) is 41.7 Å². The summed E-state index contributed by atoms with van der Waals surface area (Å²) in [5.41, 5.74) is -4.14. The number of amides is 2. The van der Waals surface area contributed by atoms with Gasteiger partial charge >= 0.3 is 5.51 Å². The Hall–Kier alpha value is -1.74. The molecule has 1 aromatic carbocycles. The van der Waals surface area contributed by atoms with E-state index >= 15 is 0 Å². The number of aliphatic hydroxyl groups is 1. The lowest BCUT2D eigenvalue weighted by Gasteiger charge is -2.26. The standard InChI is InChI=1S/C14H15F3N2O3S/c15-14(16,17)23-10-4-2-1-3-8(10)7-19-13(22)11-9(20)5-6-18-12(11)21/h1-4,9,11,20H,5-7H2,(H,18,21)(H,19,22). The number of hydrogen-bond donors (Lipinski definition) is 3. The summed E-state index contributed by atoms with van der Waals surface area (Å²) < 4.78 is 37.5. The van der Waals surface area contributed by atoms with E-state index in [1.54, 1.807) is 6.07 Å². The second kappa shape index (κ2) is 7.22. The van der Waals surface area contributed by atoms with Crippen molar-refractivity contribution in [2.75, 3.05) is 6.54 Å². The van der Waals surface area contributed by atoms with Crippen molar-refractivity contribution in [3.05, 3.63) is 29.8 Å². The molecule has 1 aromatic rings. The Morgan fingerprint density at radius 1 is 1.39 bits per heavy atom. The highest BCUT2D eigenvalue weighted by Gasteiger charge is 2.36. The van der Waals surface area contributed by atoms with Crippen molar-refractivity contribution in [2.24, 2.45) is 5.92 Å². The molecule has 0 bridgehead atoms. The molecule has 1 aliphatic rings. The van der Waals surface area contributed by atoms with E-state index in [0.717, 1.165) is 0 Å². The molecule has 2 atom stereocenters. The molecular formula is C14H15F3N2O3S. The van der Waals surface area contributed by atoms with Crippen LogP contribution in [-0.4, -0.2) is 35.1 Å². The number of carbonyl (C=O) groups is 2. The Bertz CT molecular complexity index is 595. The highest BCUT2D eigenvalue weighted by Crippen LogP contribution is 2.38. The van der Waals surface area contributed by atoms with Crippen molar-refractivity contribution in [3.63, 3.8) is 0 Å². The van der Waals surface area contributed by atoms with Crippen LogP contribution < -0.4 is 10.6 Å². The van der Waals surface area contributed by atoms with Crippen LogP contribution in [0.1, 0.15) is 12.0 Å². The van der Waals surface area contributed by atoms with Gasteiger partial charge in [0.05, 0.1) is 6.10 Å². The van der Waals surface area contributed by atoms with E-state index in [1.807, 2.05) is 0 Å². The summed E-state index contributed by atoms with van der Waals surface area (Å²) in [6.45, 7) is 0.128. The highest BCUT2D eigenvalue weighted by molar-refractivity contribution is 8.00. The SMILES string of the molecule is O=C1NCCC(O)C1C(=O)NCc1ccccc1SC(F)(F)F. The van der Waals surface area contributed by atoms with E-state index in [0.29, 0.717) is 0 Å². The maximum absolute atomic E-state index is 12.5. The smallest absolute Gasteiger partial charge is 0.392 e. The first-order valence-electron chi connectivity index (χ1n) is 6.85. The zero-order valence-corrected chi connectivity index (χ0v) is 12.7. The van der Waals surface area contributed by atoms with Gasteiger partial charge in [-0.25, -0.2) is 0 Å². The number of halogens is 3. The van der Waals surface area contributed by atoms with Gasteiger partial charge in [0, 0.05) is 18.0 Å². The molecule has 1 saturated heterocycles. The number of hydrogen-bond acceptors (Lipinski definition) is 4. The topological polar surface area (TPSA) is 78.4 Å². The molecule has 0 radical (unpaired) electrons. The molecule has 0 aromatic heterocycles. The predicted molar refractivity (Wildman–Crippen MR) is 77.3 cm³/mol.